The molecule has 0 aliphatic carbocycles. The van der Waals surface area contributed by atoms with Crippen LogP contribution >= 0.6 is 0 Å². The molecule has 0 aliphatic heterocycles. The third kappa shape index (κ3) is 4.14. The lowest BCUT2D eigenvalue weighted by molar-refractivity contribution is 0.306. The van der Waals surface area contributed by atoms with Crippen LogP contribution in [0.2, 0.25) is 0 Å². The maximum absolute atomic E-state index is 6.08. The molecular formula is C23H27NO4. The van der Waals surface area contributed by atoms with Crippen LogP contribution in [0.3, 0.4) is 0 Å². The number of unbranched alkanes of at least 4 members (excludes halogenated alkanes) is 1. The zero-order valence-corrected chi connectivity index (χ0v) is 17.0. The van der Waals surface area contributed by atoms with E-state index in [0.717, 1.165) is 58.8 Å². The summed E-state index contributed by atoms with van der Waals surface area (Å²) < 4.78 is 22.6. The SMILES string of the molecule is CCCCOc1cc(OC)c(CC)cc1-c1oncc1-c1ccc(OC)cc1. The van der Waals surface area contributed by atoms with Crippen molar-refractivity contribution in [2.24, 2.45) is 0 Å². The van der Waals surface area contributed by atoms with Crippen molar-refractivity contribution >= 4 is 0 Å². The normalized spacial score (nSPS) is 10.7. The molecule has 148 valence electrons. The van der Waals surface area contributed by atoms with E-state index in [1.165, 1.54) is 0 Å². The highest BCUT2D eigenvalue weighted by atomic mass is 16.5. The summed E-state index contributed by atoms with van der Waals surface area (Å²) in [7, 11) is 3.34. The number of aromatic nitrogens is 1. The molecule has 1 heterocycles. The second kappa shape index (κ2) is 9.31. The minimum absolute atomic E-state index is 0.643. The molecule has 3 rings (SSSR count). The van der Waals surface area contributed by atoms with Crippen molar-refractivity contribution in [1.29, 1.82) is 0 Å². The summed E-state index contributed by atoms with van der Waals surface area (Å²) in [6.07, 6.45) is 4.64. The summed E-state index contributed by atoms with van der Waals surface area (Å²) in [5.74, 6) is 3.06. The molecule has 0 amide bonds. The molecule has 0 saturated heterocycles. The highest BCUT2D eigenvalue weighted by Crippen LogP contribution is 2.41. The van der Waals surface area contributed by atoms with Gasteiger partial charge in [-0.25, -0.2) is 0 Å². The van der Waals surface area contributed by atoms with Gasteiger partial charge in [-0.05, 0) is 42.2 Å². The van der Waals surface area contributed by atoms with E-state index in [1.807, 2.05) is 30.3 Å². The number of rotatable bonds is 9. The van der Waals surface area contributed by atoms with Crippen molar-refractivity contribution in [1.82, 2.24) is 5.16 Å². The maximum atomic E-state index is 6.08. The fourth-order valence-corrected chi connectivity index (χ4v) is 3.11. The third-order valence-electron chi connectivity index (χ3n) is 4.74. The van der Waals surface area contributed by atoms with E-state index in [2.05, 4.69) is 25.1 Å². The maximum Gasteiger partial charge on any atom is 0.178 e. The molecule has 1 aromatic heterocycles. The fourth-order valence-electron chi connectivity index (χ4n) is 3.11. The first-order chi connectivity index (χ1) is 13.7. The molecule has 0 fully saturated rings. The largest absolute Gasteiger partial charge is 0.497 e. The molecule has 5 nitrogen and oxygen atoms in total. The number of ether oxygens (including phenoxy) is 3. The standard InChI is InChI=1S/C23H27NO4/c1-5-7-12-27-22-14-21(26-4)16(6-2)13-19(22)23-20(15-24-28-23)17-8-10-18(25-3)11-9-17/h8-11,13-15H,5-7,12H2,1-4H3. The van der Waals surface area contributed by atoms with Crippen LogP contribution in [0.15, 0.2) is 47.1 Å². The molecule has 2 aromatic carbocycles. The van der Waals surface area contributed by atoms with E-state index in [4.69, 9.17) is 18.7 Å². The lowest BCUT2D eigenvalue weighted by Gasteiger charge is -2.15. The van der Waals surface area contributed by atoms with Gasteiger partial charge < -0.3 is 18.7 Å². The van der Waals surface area contributed by atoms with E-state index in [-0.39, 0.29) is 0 Å². The van der Waals surface area contributed by atoms with Crippen LogP contribution in [0, 0.1) is 0 Å². The molecule has 3 aromatic rings. The predicted octanol–water partition coefficient (Wildman–Crippen LogP) is 5.77. The number of methoxy groups -OCH3 is 2. The van der Waals surface area contributed by atoms with Crippen LogP contribution in [0.25, 0.3) is 22.5 Å². The van der Waals surface area contributed by atoms with Gasteiger partial charge in [0, 0.05) is 11.6 Å². The van der Waals surface area contributed by atoms with Gasteiger partial charge in [0.2, 0.25) is 0 Å². The Morgan fingerprint density at radius 2 is 1.71 bits per heavy atom. The van der Waals surface area contributed by atoms with Gasteiger partial charge >= 0.3 is 0 Å². The lowest BCUT2D eigenvalue weighted by Crippen LogP contribution is -2.01. The second-order valence-electron chi connectivity index (χ2n) is 6.51. The van der Waals surface area contributed by atoms with Crippen LogP contribution in [0.1, 0.15) is 32.3 Å². The number of hydrogen-bond donors (Lipinski definition) is 0. The van der Waals surface area contributed by atoms with Crippen LogP contribution in [0.4, 0.5) is 0 Å². The minimum atomic E-state index is 0.643. The van der Waals surface area contributed by atoms with Gasteiger partial charge in [0.1, 0.15) is 17.2 Å². The second-order valence-corrected chi connectivity index (χ2v) is 6.51. The Kier molecular flexibility index (Phi) is 6.58. The minimum Gasteiger partial charge on any atom is -0.497 e. The summed E-state index contributed by atoms with van der Waals surface area (Å²) in [6, 6.07) is 11.9. The Labute approximate surface area is 166 Å². The molecule has 0 atom stereocenters. The number of benzene rings is 2. The average Bonchev–Trinajstić information content (AvgIpc) is 3.23. The molecule has 0 N–H and O–H groups in total. The van der Waals surface area contributed by atoms with E-state index in [9.17, 15) is 0 Å². The summed E-state index contributed by atoms with van der Waals surface area (Å²) in [4.78, 5) is 0. The van der Waals surface area contributed by atoms with Crippen LogP contribution in [0.5, 0.6) is 17.2 Å². The van der Waals surface area contributed by atoms with E-state index in [1.54, 1.807) is 20.4 Å². The van der Waals surface area contributed by atoms with Crippen molar-refractivity contribution in [3.63, 3.8) is 0 Å². The molecule has 5 heteroatoms. The van der Waals surface area contributed by atoms with Crippen molar-refractivity contribution in [2.75, 3.05) is 20.8 Å². The van der Waals surface area contributed by atoms with Crippen molar-refractivity contribution in [3.05, 3.63) is 48.2 Å². The molecule has 0 aliphatic rings. The van der Waals surface area contributed by atoms with Gasteiger partial charge in [-0.15, -0.1) is 0 Å². The molecule has 0 unspecified atom stereocenters. The summed E-state index contributed by atoms with van der Waals surface area (Å²) >= 11 is 0. The summed E-state index contributed by atoms with van der Waals surface area (Å²) in [6.45, 7) is 4.89. The first kappa shape index (κ1) is 19.8. The van der Waals surface area contributed by atoms with Gasteiger partial charge in [0.05, 0.1) is 32.6 Å². The summed E-state index contributed by atoms with van der Waals surface area (Å²) in [5, 5.41) is 4.06. The Morgan fingerprint density at radius 3 is 2.36 bits per heavy atom. The molecule has 0 saturated carbocycles. The zero-order chi connectivity index (χ0) is 19.9. The number of hydrogen-bond acceptors (Lipinski definition) is 5. The Morgan fingerprint density at radius 1 is 0.929 bits per heavy atom. The number of aryl methyl sites for hydroxylation is 1. The third-order valence-corrected chi connectivity index (χ3v) is 4.74. The molecular weight excluding hydrogens is 354 g/mol. The molecule has 28 heavy (non-hydrogen) atoms. The fraction of sp³-hybridized carbons (Fsp3) is 0.348. The topological polar surface area (TPSA) is 53.7 Å². The smallest absolute Gasteiger partial charge is 0.178 e. The van der Waals surface area contributed by atoms with Gasteiger partial charge in [0.15, 0.2) is 5.76 Å². The monoisotopic (exact) mass is 381 g/mol. The Balaban J connectivity index is 2.07. The van der Waals surface area contributed by atoms with Crippen LogP contribution in [-0.2, 0) is 6.42 Å². The average molecular weight is 381 g/mol. The lowest BCUT2D eigenvalue weighted by atomic mass is 9.99. The van der Waals surface area contributed by atoms with Crippen LogP contribution < -0.4 is 14.2 Å². The zero-order valence-electron chi connectivity index (χ0n) is 17.0. The summed E-state index contributed by atoms with van der Waals surface area (Å²) in [5.41, 5.74) is 3.90. The van der Waals surface area contributed by atoms with Crippen LogP contribution in [-0.4, -0.2) is 26.0 Å². The molecule has 0 spiro atoms. The van der Waals surface area contributed by atoms with E-state index in [0.29, 0.717) is 12.4 Å². The first-order valence-corrected chi connectivity index (χ1v) is 9.64. The van der Waals surface area contributed by atoms with Crippen molar-refractivity contribution in [2.45, 2.75) is 33.1 Å². The van der Waals surface area contributed by atoms with E-state index < -0.39 is 0 Å². The van der Waals surface area contributed by atoms with Crippen molar-refractivity contribution in [3.8, 4) is 39.7 Å². The van der Waals surface area contributed by atoms with Gasteiger partial charge in [0.25, 0.3) is 0 Å². The highest BCUT2D eigenvalue weighted by molar-refractivity contribution is 5.83. The quantitative estimate of drug-likeness (QED) is 0.441. The molecule has 0 bridgehead atoms. The van der Waals surface area contributed by atoms with Gasteiger partial charge in [-0.2, -0.15) is 0 Å². The predicted molar refractivity (Wildman–Crippen MR) is 110 cm³/mol. The Bertz CT molecular complexity index is 899. The molecule has 0 radical (unpaired) electrons. The van der Waals surface area contributed by atoms with Gasteiger partial charge in [-0.1, -0.05) is 37.6 Å². The van der Waals surface area contributed by atoms with Crippen molar-refractivity contribution < 1.29 is 18.7 Å². The Hall–Kier alpha value is -2.95. The first-order valence-electron chi connectivity index (χ1n) is 9.64. The van der Waals surface area contributed by atoms with Gasteiger partial charge in [-0.3, -0.25) is 0 Å². The van der Waals surface area contributed by atoms with E-state index >= 15 is 0 Å². The highest BCUT2D eigenvalue weighted by Gasteiger charge is 2.20. The number of nitrogens with zero attached hydrogens (tertiary/aromatic N) is 1.